The zero-order chi connectivity index (χ0) is 15.0. The second-order valence-electron chi connectivity index (χ2n) is 6.30. The Balaban J connectivity index is 2.00. The maximum atomic E-state index is 12.1. The largest absolute Gasteiger partial charge is 0.477 e. The molecule has 0 aromatic heterocycles. The van der Waals surface area contributed by atoms with Crippen LogP contribution in [-0.2, 0) is 14.4 Å². The molecule has 0 radical (unpaired) electrons. The molecule has 2 heterocycles. The summed E-state index contributed by atoms with van der Waals surface area (Å²) in [4.78, 5) is 29.9. The van der Waals surface area contributed by atoms with Gasteiger partial charge in [-0.05, 0) is 33.6 Å². The van der Waals surface area contributed by atoms with Crippen LogP contribution in [0.5, 0.6) is 0 Å². The fourth-order valence-electron chi connectivity index (χ4n) is 2.44. The number of rotatable bonds is 1. The highest BCUT2D eigenvalue weighted by molar-refractivity contribution is 6.36. The summed E-state index contributed by atoms with van der Waals surface area (Å²) in [5.41, 5.74) is -1.25. The number of ether oxygens (including phenoxy) is 1. The van der Waals surface area contributed by atoms with Gasteiger partial charge in [0, 0.05) is 13.0 Å². The molecular weight excluding hydrogens is 264 g/mol. The van der Waals surface area contributed by atoms with Gasteiger partial charge in [-0.1, -0.05) is 5.16 Å². The zero-order valence-corrected chi connectivity index (χ0v) is 12.0. The molecule has 0 saturated carbocycles. The van der Waals surface area contributed by atoms with Crippen molar-refractivity contribution in [2.24, 2.45) is 5.16 Å². The summed E-state index contributed by atoms with van der Waals surface area (Å²) >= 11 is 0. The van der Waals surface area contributed by atoms with Gasteiger partial charge in [0.25, 0.3) is 0 Å². The molecule has 1 fully saturated rings. The first-order valence-corrected chi connectivity index (χ1v) is 6.67. The van der Waals surface area contributed by atoms with Gasteiger partial charge in [0.1, 0.15) is 5.60 Å². The lowest BCUT2D eigenvalue weighted by Gasteiger charge is -2.38. The summed E-state index contributed by atoms with van der Waals surface area (Å²) in [6.45, 7) is 6.32. The maximum absolute atomic E-state index is 12.1. The number of carboxylic acids is 1. The van der Waals surface area contributed by atoms with Gasteiger partial charge in [0.2, 0.25) is 0 Å². The average molecular weight is 284 g/mol. The minimum Gasteiger partial charge on any atom is -0.477 e. The summed E-state index contributed by atoms with van der Waals surface area (Å²) in [6, 6.07) is 0. The Labute approximate surface area is 117 Å². The van der Waals surface area contributed by atoms with Crippen molar-refractivity contribution in [3.05, 3.63) is 0 Å². The van der Waals surface area contributed by atoms with E-state index in [0.717, 1.165) is 6.42 Å². The van der Waals surface area contributed by atoms with Crippen LogP contribution in [0.15, 0.2) is 5.16 Å². The van der Waals surface area contributed by atoms with Gasteiger partial charge < -0.3 is 19.6 Å². The Bertz CT molecular complexity index is 454. The molecule has 0 unspecified atom stereocenters. The van der Waals surface area contributed by atoms with Crippen LogP contribution in [0.4, 0.5) is 4.79 Å². The topological polar surface area (TPSA) is 88.4 Å². The third-order valence-electron chi connectivity index (χ3n) is 3.28. The maximum Gasteiger partial charge on any atom is 0.410 e. The monoisotopic (exact) mass is 284 g/mol. The molecule has 2 aliphatic rings. The van der Waals surface area contributed by atoms with Crippen LogP contribution in [0.2, 0.25) is 0 Å². The summed E-state index contributed by atoms with van der Waals surface area (Å²) in [5, 5.41) is 12.6. The van der Waals surface area contributed by atoms with Crippen molar-refractivity contribution in [3.63, 3.8) is 0 Å². The van der Waals surface area contributed by atoms with Crippen LogP contribution >= 0.6 is 0 Å². The van der Waals surface area contributed by atoms with E-state index in [0.29, 0.717) is 19.5 Å². The van der Waals surface area contributed by atoms with E-state index in [9.17, 15) is 9.59 Å². The second-order valence-corrected chi connectivity index (χ2v) is 6.30. The highest BCUT2D eigenvalue weighted by Gasteiger charge is 2.46. The van der Waals surface area contributed by atoms with Crippen molar-refractivity contribution in [1.29, 1.82) is 0 Å². The van der Waals surface area contributed by atoms with Crippen molar-refractivity contribution in [2.45, 2.75) is 51.2 Å². The summed E-state index contributed by atoms with van der Waals surface area (Å²) in [5.74, 6) is -1.07. The Morgan fingerprint density at radius 1 is 1.45 bits per heavy atom. The summed E-state index contributed by atoms with van der Waals surface area (Å²) in [7, 11) is 0. The van der Waals surface area contributed by atoms with E-state index >= 15 is 0 Å². The normalized spacial score (nSPS) is 26.1. The molecule has 112 valence electrons. The van der Waals surface area contributed by atoms with Gasteiger partial charge in [-0.3, -0.25) is 0 Å². The van der Waals surface area contributed by atoms with Crippen LogP contribution in [0.3, 0.4) is 0 Å². The Kier molecular flexibility index (Phi) is 3.62. The van der Waals surface area contributed by atoms with Crippen molar-refractivity contribution in [3.8, 4) is 0 Å². The van der Waals surface area contributed by atoms with Crippen molar-refractivity contribution in [1.82, 2.24) is 4.90 Å². The van der Waals surface area contributed by atoms with Crippen LogP contribution in [0.1, 0.15) is 40.0 Å². The number of aliphatic carboxylic acids is 1. The molecule has 20 heavy (non-hydrogen) atoms. The lowest BCUT2D eigenvalue weighted by atomic mass is 9.88. The predicted octanol–water partition coefficient (Wildman–Crippen LogP) is 1.62. The van der Waals surface area contributed by atoms with E-state index in [2.05, 4.69) is 5.16 Å². The molecule has 1 atom stereocenters. The molecule has 0 bridgehead atoms. The zero-order valence-electron chi connectivity index (χ0n) is 12.0. The molecule has 0 aromatic carbocycles. The minimum absolute atomic E-state index is 0.0102. The summed E-state index contributed by atoms with van der Waals surface area (Å²) < 4.78 is 5.33. The van der Waals surface area contributed by atoms with Crippen LogP contribution < -0.4 is 0 Å². The minimum atomic E-state index is -1.07. The van der Waals surface area contributed by atoms with Crippen molar-refractivity contribution < 1.29 is 24.3 Å². The number of hydrogen-bond acceptors (Lipinski definition) is 5. The smallest absolute Gasteiger partial charge is 0.410 e. The first-order valence-electron chi connectivity index (χ1n) is 6.67. The fraction of sp³-hybridized carbons (Fsp3) is 0.769. The first-order chi connectivity index (χ1) is 9.21. The SMILES string of the molecule is CC(C)(C)OC(=O)N1CCC[C@@]2(CC(C(=O)O)=NO2)C1. The molecule has 2 aliphatic heterocycles. The van der Waals surface area contributed by atoms with Crippen molar-refractivity contribution >= 4 is 17.8 Å². The van der Waals surface area contributed by atoms with E-state index in [1.807, 2.05) is 20.8 Å². The van der Waals surface area contributed by atoms with Crippen LogP contribution in [0, 0.1) is 0 Å². The predicted molar refractivity (Wildman–Crippen MR) is 70.5 cm³/mol. The molecule has 2 rings (SSSR count). The molecule has 1 N–H and O–H groups in total. The molecule has 0 aliphatic carbocycles. The number of amides is 1. The molecule has 1 amide bonds. The van der Waals surface area contributed by atoms with E-state index in [1.54, 1.807) is 4.90 Å². The molecule has 7 heteroatoms. The van der Waals surface area contributed by atoms with E-state index in [4.69, 9.17) is 14.7 Å². The highest BCUT2D eigenvalue weighted by Crippen LogP contribution is 2.33. The van der Waals surface area contributed by atoms with Crippen molar-refractivity contribution in [2.75, 3.05) is 13.1 Å². The van der Waals surface area contributed by atoms with Gasteiger partial charge in [-0.25, -0.2) is 9.59 Å². The molecule has 0 aromatic rings. The molecule has 1 saturated heterocycles. The number of likely N-dealkylation sites (tertiary alicyclic amines) is 1. The third kappa shape index (κ3) is 3.20. The Morgan fingerprint density at radius 3 is 2.70 bits per heavy atom. The molecule has 7 nitrogen and oxygen atoms in total. The standard InChI is InChI=1S/C13H20N2O5/c1-12(2,3)19-11(18)15-6-4-5-13(8-15)7-9(10(16)17)14-20-13/h4-8H2,1-3H3,(H,16,17)/t13-/m1/s1. The average Bonchev–Trinajstić information content (AvgIpc) is 2.71. The summed E-state index contributed by atoms with van der Waals surface area (Å²) in [6.07, 6.45) is 1.25. The Hall–Kier alpha value is -1.79. The number of oxime groups is 1. The van der Waals surface area contributed by atoms with Gasteiger partial charge in [0.05, 0.1) is 6.54 Å². The fourth-order valence-corrected chi connectivity index (χ4v) is 2.44. The highest BCUT2D eigenvalue weighted by atomic mass is 16.7. The van der Waals surface area contributed by atoms with Crippen LogP contribution in [0.25, 0.3) is 0 Å². The lowest BCUT2D eigenvalue weighted by molar-refractivity contribution is -0.129. The number of carbonyl (C=O) groups is 2. The number of nitrogens with zero attached hydrogens (tertiary/aromatic N) is 2. The van der Waals surface area contributed by atoms with Crippen LogP contribution in [-0.4, -0.2) is 52.1 Å². The molecular formula is C13H20N2O5. The number of hydrogen-bond donors (Lipinski definition) is 1. The Morgan fingerprint density at radius 2 is 2.15 bits per heavy atom. The van der Waals surface area contributed by atoms with E-state index < -0.39 is 23.3 Å². The number of piperidine rings is 1. The van der Waals surface area contributed by atoms with Gasteiger partial charge in [0.15, 0.2) is 11.3 Å². The number of carboxylic acid groups (broad SMARTS) is 1. The first kappa shape index (κ1) is 14.6. The molecule has 1 spiro atoms. The van der Waals surface area contributed by atoms with E-state index in [1.165, 1.54) is 0 Å². The third-order valence-corrected chi connectivity index (χ3v) is 3.28. The quantitative estimate of drug-likeness (QED) is 0.790. The van der Waals surface area contributed by atoms with Gasteiger partial charge in [-0.15, -0.1) is 0 Å². The van der Waals surface area contributed by atoms with Gasteiger partial charge in [-0.2, -0.15) is 0 Å². The number of carbonyl (C=O) groups excluding carboxylic acids is 1. The lowest BCUT2D eigenvalue weighted by Crippen LogP contribution is -2.51. The second kappa shape index (κ2) is 4.96. The van der Waals surface area contributed by atoms with Gasteiger partial charge >= 0.3 is 12.1 Å². The van der Waals surface area contributed by atoms with E-state index in [-0.39, 0.29) is 12.1 Å².